The van der Waals surface area contributed by atoms with E-state index in [4.69, 9.17) is 5.11 Å². The van der Waals surface area contributed by atoms with Gasteiger partial charge in [0.1, 0.15) is 11.6 Å². The van der Waals surface area contributed by atoms with Gasteiger partial charge in [0.15, 0.2) is 0 Å². The molecule has 0 aliphatic carbocycles. The van der Waals surface area contributed by atoms with E-state index in [2.05, 4.69) is 22.3 Å². The van der Waals surface area contributed by atoms with E-state index in [9.17, 15) is 14.9 Å². The van der Waals surface area contributed by atoms with Crippen molar-refractivity contribution in [1.29, 1.82) is 5.26 Å². The van der Waals surface area contributed by atoms with Crippen LogP contribution in [0.4, 0.5) is 11.4 Å². The molecule has 0 aromatic heterocycles. The molecule has 28 heavy (non-hydrogen) atoms. The van der Waals surface area contributed by atoms with Gasteiger partial charge in [0, 0.05) is 43.8 Å². The second-order valence-electron chi connectivity index (χ2n) is 6.35. The molecule has 0 unspecified atom stereocenters. The number of aromatic carboxylic acids is 1. The number of amides is 1. The number of benzene rings is 2. The molecule has 2 aromatic carbocycles. The van der Waals surface area contributed by atoms with Gasteiger partial charge in [-0.25, -0.2) is 4.79 Å². The number of carbonyl (C=O) groups is 2. The summed E-state index contributed by atoms with van der Waals surface area (Å²) in [4.78, 5) is 27.6. The van der Waals surface area contributed by atoms with Crippen molar-refractivity contribution in [2.45, 2.75) is 0 Å². The minimum absolute atomic E-state index is 0.0195. The van der Waals surface area contributed by atoms with Gasteiger partial charge in [-0.1, -0.05) is 24.3 Å². The monoisotopic (exact) mass is 376 g/mol. The molecule has 0 spiro atoms. The maximum atomic E-state index is 12.4. The number of carbonyl (C=O) groups excluding carboxylic acids is 1. The highest BCUT2D eigenvalue weighted by Gasteiger charge is 2.18. The van der Waals surface area contributed by atoms with E-state index in [1.54, 1.807) is 12.3 Å². The van der Waals surface area contributed by atoms with Crippen LogP contribution in [0.2, 0.25) is 0 Å². The van der Waals surface area contributed by atoms with E-state index in [-0.39, 0.29) is 11.1 Å². The Morgan fingerprint density at radius 2 is 1.75 bits per heavy atom. The Labute approximate surface area is 163 Å². The fourth-order valence-electron chi connectivity index (χ4n) is 3.00. The Balaban J connectivity index is 1.62. The number of piperazine rings is 1. The summed E-state index contributed by atoms with van der Waals surface area (Å²) < 4.78 is 0. The molecule has 1 fully saturated rings. The van der Waals surface area contributed by atoms with Gasteiger partial charge in [0.25, 0.3) is 5.91 Å². The first-order valence-corrected chi connectivity index (χ1v) is 8.87. The molecule has 142 valence electrons. The van der Waals surface area contributed by atoms with Crippen molar-refractivity contribution in [3.63, 3.8) is 0 Å². The lowest BCUT2D eigenvalue weighted by Gasteiger charge is -2.35. The van der Waals surface area contributed by atoms with Gasteiger partial charge in [-0.2, -0.15) is 5.26 Å². The van der Waals surface area contributed by atoms with E-state index in [0.29, 0.717) is 18.8 Å². The summed E-state index contributed by atoms with van der Waals surface area (Å²) in [6.45, 7) is 2.98. The molecule has 0 bridgehead atoms. The van der Waals surface area contributed by atoms with Gasteiger partial charge in [0.05, 0.1) is 5.56 Å². The molecular formula is C21H20N4O3. The molecule has 7 nitrogen and oxygen atoms in total. The number of nitriles is 1. The largest absolute Gasteiger partial charge is 0.478 e. The van der Waals surface area contributed by atoms with Crippen LogP contribution in [0.5, 0.6) is 0 Å². The number of nitrogens with one attached hydrogen (secondary N) is 1. The average molecular weight is 376 g/mol. The van der Waals surface area contributed by atoms with Crippen LogP contribution in [0.15, 0.2) is 66.4 Å². The molecule has 1 aliphatic heterocycles. The highest BCUT2D eigenvalue weighted by Crippen LogP contribution is 2.17. The Morgan fingerprint density at radius 3 is 2.39 bits per heavy atom. The highest BCUT2D eigenvalue weighted by atomic mass is 16.4. The van der Waals surface area contributed by atoms with Crippen LogP contribution >= 0.6 is 0 Å². The van der Waals surface area contributed by atoms with Crippen LogP contribution in [0, 0.1) is 11.3 Å². The summed E-state index contributed by atoms with van der Waals surface area (Å²) in [7, 11) is 0. The maximum Gasteiger partial charge on any atom is 0.335 e. The molecule has 1 aliphatic rings. The molecule has 1 amide bonds. The first-order valence-electron chi connectivity index (χ1n) is 8.87. The smallest absolute Gasteiger partial charge is 0.335 e. The molecule has 0 saturated carbocycles. The quantitative estimate of drug-likeness (QED) is 0.615. The Morgan fingerprint density at radius 1 is 1.04 bits per heavy atom. The molecular weight excluding hydrogens is 356 g/mol. The average Bonchev–Trinajstić information content (AvgIpc) is 2.73. The molecule has 2 N–H and O–H groups in total. The zero-order valence-corrected chi connectivity index (χ0v) is 15.2. The number of hydrogen-bond acceptors (Lipinski definition) is 5. The van der Waals surface area contributed by atoms with E-state index < -0.39 is 11.9 Å². The lowest BCUT2D eigenvalue weighted by Crippen LogP contribution is -2.44. The standard InChI is InChI=1S/C21H20N4O3/c22-14-17(20(26)23-18-6-4-5-16(13-18)21(27)28)15-24-9-11-25(12-10-24)19-7-2-1-3-8-19/h1-8,13,15H,9-12H2,(H,23,26)(H,27,28)/b17-15-. The predicted octanol–water partition coefficient (Wildman–Crippen LogP) is 2.55. The van der Waals surface area contributed by atoms with Crippen LogP contribution in [0.3, 0.4) is 0 Å². The second kappa shape index (κ2) is 8.73. The van der Waals surface area contributed by atoms with Gasteiger partial charge in [-0.15, -0.1) is 0 Å². The predicted molar refractivity (Wildman–Crippen MR) is 106 cm³/mol. The fourth-order valence-corrected chi connectivity index (χ4v) is 3.00. The third kappa shape index (κ3) is 4.68. The number of carboxylic acid groups (broad SMARTS) is 1. The van der Waals surface area contributed by atoms with Crippen LogP contribution < -0.4 is 10.2 Å². The minimum atomic E-state index is -1.08. The second-order valence-corrected chi connectivity index (χ2v) is 6.35. The molecule has 3 rings (SSSR count). The van der Waals surface area contributed by atoms with Gasteiger partial charge in [-0.3, -0.25) is 4.79 Å². The van der Waals surface area contributed by atoms with Crippen LogP contribution in [0.25, 0.3) is 0 Å². The lowest BCUT2D eigenvalue weighted by molar-refractivity contribution is -0.112. The Hall–Kier alpha value is -3.79. The summed E-state index contributed by atoms with van der Waals surface area (Å²) in [5.74, 6) is -1.64. The van der Waals surface area contributed by atoms with E-state index in [0.717, 1.165) is 18.8 Å². The van der Waals surface area contributed by atoms with Crippen molar-refractivity contribution < 1.29 is 14.7 Å². The van der Waals surface area contributed by atoms with Gasteiger partial charge in [-0.05, 0) is 30.3 Å². The molecule has 0 radical (unpaired) electrons. The summed E-state index contributed by atoms with van der Waals surface area (Å²) in [6, 6.07) is 17.9. The van der Waals surface area contributed by atoms with Crippen LogP contribution in [0.1, 0.15) is 10.4 Å². The normalized spacial score (nSPS) is 14.3. The van der Waals surface area contributed by atoms with Crippen molar-refractivity contribution in [1.82, 2.24) is 4.90 Å². The van der Waals surface area contributed by atoms with E-state index in [1.807, 2.05) is 29.2 Å². The molecule has 7 heteroatoms. The van der Waals surface area contributed by atoms with Crippen molar-refractivity contribution in [2.75, 3.05) is 36.4 Å². The molecule has 0 atom stereocenters. The third-order valence-corrected chi connectivity index (χ3v) is 4.48. The summed E-state index contributed by atoms with van der Waals surface area (Å²) in [5, 5.41) is 21.0. The molecule has 2 aromatic rings. The molecule has 1 saturated heterocycles. The summed E-state index contributed by atoms with van der Waals surface area (Å²) in [5.41, 5.74) is 1.54. The van der Waals surface area contributed by atoms with Crippen LogP contribution in [-0.4, -0.2) is 48.1 Å². The third-order valence-electron chi connectivity index (χ3n) is 4.48. The number of nitrogens with zero attached hydrogens (tertiary/aromatic N) is 3. The SMILES string of the molecule is N#C/C(=C/N1CCN(c2ccccc2)CC1)C(=O)Nc1cccc(C(=O)O)c1. The van der Waals surface area contributed by atoms with E-state index in [1.165, 1.54) is 18.2 Å². The minimum Gasteiger partial charge on any atom is -0.478 e. The number of hydrogen-bond donors (Lipinski definition) is 2. The van der Waals surface area contributed by atoms with Crippen molar-refractivity contribution in [3.8, 4) is 6.07 Å². The van der Waals surface area contributed by atoms with Gasteiger partial charge in [0.2, 0.25) is 0 Å². The highest BCUT2D eigenvalue weighted by molar-refractivity contribution is 6.06. The zero-order valence-electron chi connectivity index (χ0n) is 15.2. The number of carboxylic acids is 1. The lowest BCUT2D eigenvalue weighted by atomic mass is 10.2. The Kier molecular flexibility index (Phi) is 5.92. The topological polar surface area (TPSA) is 96.7 Å². The van der Waals surface area contributed by atoms with E-state index >= 15 is 0 Å². The Bertz CT molecular complexity index is 926. The number of para-hydroxylation sites is 1. The summed E-state index contributed by atoms with van der Waals surface area (Å²) >= 11 is 0. The first kappa shape index (κ1) is 19.0. The van der Waals surface area contributed by atoms with Gasteiger partial charge < -0.3 is 20.2 Å². The first-order chi connectivity index (χ1) is 13.6. The van der Waals surface area contributed by atoms with Gasteiger partial charge >= 0.3 is 5.97 Å². The number of rotatable bonds is 5. The van der Waals surface area contributed by atoms with Crippen molar-refractivity contribution in [2.24, 2.45) is 0 Å². The van der Waals surface area contributed by atoms with Crippen molar-refractivity contribution in [3.05, 3.63) is 71.9 Å². The summed E-state index contributed by atoms with van der Waals surface area (Å²) in [6.07, 6.45) is 1.57. The fraction of sp³-hybridized carbons (Fsp3) is 0.190. The zero-order chi connectivity index (χ0) is 19.9. The maximum absolute atomic E-state index is 12.4. The molecule has 1 heterocycles. The van der Waals surface area contributed by atoms with Crippen LogP contribution in [-0.2, 0) is 4.79 Å². The van der Waals surface area contributed by atoms with Crippen molar-refractivity contribution >= 4 is 23.3 Å². The number of anilines is 2.